The summed E-state index contributed by atoms with van der Waals surface area (Å²) in [6.45, 7) is 3.32. The van der Waals surface area contributed by atoms with Crippen molar-refractivity contribution in [2.24, 2.45) is 0 Å². The number of nitro groups is 1. The molecule has 9 nitrogen and oxygen atoms in total. The number of benzene rings is 2. The van der Waals surface area contributed by atoms with Gasteiger partial charge in [0.1, 0.15) is 0 Å². The molecule has 10 heteroatoms. The minimum atomic E-state index is -0.847. The summed E-state index contributed by atoms with van der Waals surface area (Å²) >= 11 is 6.12. The number of nitro benzene ring substituents is 1. The van der Waals surface area contributed by atoms with Gasteiger partial charge in [0.25, 0.3) is 11.6 Å². The first-order valence-corrected chi connectivity index (χ1v) is 9.19. The van der Waals surface area contributed by atoms with Crippen molar-refractivity contribution in [2.45, 2.75) is 20.0 Å². The fourth-order valence-corrected chi connectivity index (χ4v) is 3.12. The molecule has 0 spiro atoms. The van der Waals surface area contributed by atoms with Gasteiger partial charge in [-0.2, -0.15) is 0 Å². The van der Waals surface area contributed by atoms with Crippen molar-refractivity contribution in [1.82, 2.24) is 10.2 Å². The van der Waals surface area contributed by atoms with Gasteiger partial charge in [-0.05, 0) is 32.0 Å². The van der Waals surface area contributed by atoms with E-state index in [0.717, 1.165) is 5.39 Å². The molecule has 0 saturated carbocycles. The largest absolute Gasteiger partial charge is 0.447 e. The van der Waals surface area contributed by atoms with Crippen molar-refractivity contribution < 1.29 is 23.3 Å². The Morgan fingerprint density at radius 3 is 2.57 bits per heavy atom. The molecule has 0 N–H and O–H groups in total. The molecule has 4 aromatic rings. The molecule has 1 unspecified atom stereocenters. The topological polar surface area (TPSA) is 122 Å². The lowest BCUT2D eigenvalue weighted by molar-refractivity contribution is -0.384. The van der Waals surface area contributed by atoms with E-state index in [1.54, 1.807) is 32.0 Å². The van der Waals surface area contributed by atoms with Crippen LogP contribution in [-0.2, 0) is 4.74 Å². The molecule has 30 heavy (non-hydrogen) atoms. The third-order valence-electron chi connectivity index (χ3n) is 4.50. The lowest BCUT2D eigenvalue weighted by Crippen LogP contribution is -2.09. The standard InChI is InChI=1S/C20H14ClN3O6/c1-10-14-4-3-5-15(21)17(14)29-16(10)20(25)28-11(2)18-22-23-19(30-18)12-6-8-13(9-7-12)24(26)27/h3-9,11H,1-2H3. The zero-order valence-corrected chi connectivity index (χ0v) is 16.5. The lowest BCUT2D eigenvalue weighted by Gasteiger charge is -2.08. The minimum absolute atomic E-state index is 0.0417. The fourth-order valence-electron chi connectivity index (χ4n) is 2.91. The van der Waals surface area contributed by atoms with E-state index in [2.05, 4.69) is 10.2 Å². The molecule has 0 aliphatic carbocycles. The Morgan fingerprint density at radius 2 is 1.90 bits per heavy atom. The molecule has 0 fully saturated rings. The van der Waals surface area contributed by atoms with Crippen molar-refractivity contribution >= 4 is 34.2 Å². The van der Waals surface area contributed by atoms with E-state index in [1.807, 2.05) is 0 Å². The molecule has 2 aromatic heterocycles. The highest BCUT2D eigenvalue weighted by molar-refractivity contribution is 6.35. The van der Waals surface area contributed by atoms with Gasteiger partial charge < -0.3 is 13.6 Å². The SMILES string of the molecule is Cc1c(C(=O)OC(C)c2nnc(-c3ccc([N+](=O)[O-])cc3)o2)oc2c(Cl)cccc12. The number of aryl methyl sites for hydroxylation is 1. The number of nitrogens with zero attached hydrogens (tertiary/aromatic N) is 3. The summed E-state index contributed by atoms with van der Waals surface area (Å²) in [7, 11) is 0. The van der Waals surface area contributed by atoms with Crippen molar-refractivity contribution in [3.05, 3.63) is 74.8 Å². The van der Waals surface area contributed by atoms with Crippen molar-refractivity contribution in [1.29, 1.82) is 0 Å². The van der Waals surface area contributed by atoms with E-state index in [-0.39, 0.29) is 23.2 Å². The van der Waals surface area contributed by atoms with Gasteiger partial charge >= 0.3 is 5.97 Å². The van der Waals surface area contributed by atoms with E-state index >= 15 is 0 Å². The number of ether oxygens (including phenoxy) is 1. The van der Waals surface area contributed by atoms with Crippen LogP contribution in [0.1, 0.15) is 35.0 Å². The molecular weight excluding hydrogens is 414 g/mol. The van der Waals surface area contributed by atoms with Gasteiger partial charge in [-0.25, -0.2) is 4.79 Å². The third kappa shape index (κ3) is 3.50. The van der Waals surface area contributed by atoms with Crippen LogP contribution < -0.4 is 0 Å². The quantitative estimate of drug-likeness (QED) is 0.240. The Bertz CT molecular complexity index is 1260. The normalized spacial score (nSPS) is 12.1. The summed E-state index contributed by atoms with van der Waals surface area (Å²) in [4.78, 5) is 22.8. The Kier molecular flexibility index (Phi) is 4.96. The molecule has 2 heterocycles. The maximum atomic E-state index is 12.6. The van der Waals surface area contributed by atoms with Gasteiger partial charge in [-0.15, -0.1) is 10.2 Å². The van der Waals surface area contributed by atoms with Crippen molar-refractivity contribution in [2.75, 3.05) is 0 Å². The summed E-state index contributed by atoms with van der Waals surface area (Å²) in [5.74, 6) is -0.430. The maximum absolute atomic E-state index is 12.6. The second-order valence-electron chi connectivity index (χ2n) is 6.47. The van der Waals surface area contributed by atoms with Crippen molar-refractivity contribution in [3.8, 4) is 11.5 Å². The first-order chi connectivity index (χ1) is 14.3. The molecule has 0 aliphatic heterocycles. The lowest BCUT2D eigenvalue weighted by atomic mass is 10.1. The Labute approximate surface area is 174 Å². The Balaban J connectivity index is 1.53. The molecule has 0 bridgehead atoms. The third-order valence-corrected chi connectivity index (χ3v) is 4.80. The molecule has 2 aromatic carbocycles. The summed E-state index contributed by atoms with van der Waals surface area (Å²) < 4.78 is 16.6. The van der Waals surface area contributed by atoms with Crippen molar-refractivity contribution in [3.63, 3.8) is 0 Å². The molecular formula is C20H14ClN3O6. The number of carbonyl (C=O) groups is 1. The summed E-state index contributed by atoms with van der Waals surface area (Å²) in [5, 5.41) is 19.7. The van der Waals surface area contributed by atoms with Crippen LogP contribution in [0.4, 0.5) is 5.69 Å². The smallest absolute Gasteiger partial charge is 0.375 e. The van der Waals surface area contributed by atoms with E-state index < -0.39 is 17.0 Å². The molecule has 0 saturated heterocycles. The predicted molar refractivity (Wildman–Crippen MR) is 106 cm³/mol. The molecule has 152 valence electrons. The minimum Gasteiger partial charge on any atom is -0.447 e. The van der Waals surface area contributed by atoms with E-state index in [1.165, 1.54) is 24.3 Å². The van der Waals surface area contributed by atoms with Gasteiger partial charge in [-0.1, -0.05) is 23.7 Å². The second kappa shape index (κ2) is 7.60. The molecule has 0 radical (unpaired) electrons. The highest BCUT2D eigenvalue weighted by atomic mass is 35.5. The van der Waals surface area contributed by atoms with Crippen LogP contribution in [0.2, 0.25) is 5.02 Å². The first-order valence-electron chi connectivity index (χ1n) is 8.82. The van der Waals surface area contributed by atoms with Crippen LogP contribution in [0.5, 0.6) is 0 Å². The van der Waals surface area contributed by atoms with E-state index in [4.69, 9.17) is 25.2 Å². The average Bonchev–Trinajstić information content (AvgIpc) is 3.34. The van der Waals surface area contributed by atoms with Crippen LogP contribution in [0.15, 0.2) is 51.3 Å². The van der Waals surface area contributed by atoms with Gasteiger partial charge in [0.05, 0.1) is 9.95 Å². The maximum Gasteiger partial charge on any atom is 0.375 e. The van der Waals surface area contributed by atoms with E-state index in [9.17, 15) is 14.9 Å². The highest BCUT2D eigenvalue weighted by Crippen LogP contribution is 2.32. The Hall–Kier alpha value is -3.72. The predicted octanol–water partition coefficient (Wildman–Crippen LogP) is 5.27. The molecule has 0 aliphatic rings. The number of carbonyl (C=O) groups excluding carboxylic acids is 1. The number of furan rings is 1. The van der Waals surface area contributed by atoms with E-state index in [0.29, 0.717) is 21.7 Å². The molecule has 1 atom stereocenters. The number of hydrogen-bond acceptors (Lipinski definition) is 8. The number of halogens is 1. The molecule has 0 amide bonds. The Morgan fingerprint density at radius 1 is 1.17 bits per heavy atom. The second-order valence-corrected chi connectivity index (χ2v) is 6.88. The molecule has 4 rings (SSSR count). The number of hydrogen-bond donors (Lipinski definition) is 0. The summed E-state index contributed by atoms with van der Waals surface area (Å²) in [6, 6.07) is 10.9. The van der Waals surface area contributed by atoms with Crippen LogP contribution >= 0.6 is 11.6 Å². The van der Waals surface area contributed by atoms with Crippen LogP contribution in [0, 0.1) is 17.0 Å². The summed E-state index contributed by atoms with van der Waals surface area (Å²) in [5.41, 5.74) is 1.47. The van der Waals surface area contributed by atoms with Crippen LogP contribution in [0.3, 0.4) is 0 Å². The van der Waals surface area contributed by atoms with Gasteiger partial charge in [0.15, 0.2) is 11.7 Å². The number of non-ortho nitro benzene ring substituents is 1. The first kappa shape index (κ1) is 19.6. The van der Waals surface area contributed by atoms with Crippen LogP contribution in [-0.4, -0.2) is 21.1 Å². The average molecular weight is 428 g/mol. The highest BCUT2D eigenvalue weighted by Gasteiger charge is 2.25. The number of para-hydroxylation sites is 1. The number of esters is 1. The number of rotatable bonds is 5. The zero-order valence-electron chi connectivity index (χ0n) is 15.8. The van der Waals surface area contributed by atoms with Gasteiger partial charge in [-0.3, -0.25) is 10.1 Å². The van der Waals surface area contributed by atoms with Gasteiger partial charge in [0.2, 0.25) is 11.7 Å². The van der Waals surface area contributed by atoms with Gasteiger partial charge in [0, 0.05) is 28.6 Å². The number of fused-ring (bicyclic) bond motifs is 1. The summed E-state index contributed by atoms with van der Waals surface area (Å²) in [6.07, 6.45) is -0.847. The van der Waals surface area contributed by atoms with Crippen LogP contribution in [0.25, 0.3) is 22.4 Å². The fraction of sp³-hybridized carbons (Fsp3) is 0.150. The zero-order chi connectivity index (χ0) is 21.4. The monoisotopic (exact) mass is 427 g/mol. The number of aromatic nitrogens is 2.